The Morgan fingerprint density at radius 3 is 2.41 bits per heavy atom. The van der Waals surface area contributed by atoms with Crippen molar-refractivity contribution in [2.75, 3.05) is 25.1 Å². The second-order valence-electron chi connectivity index (χ2n) is 5.46. The van der Waals surface area contributed by atoms with E-state index in [0.29, 0.717) is 19.1 Å². The summed E-state index contributed by atoms with van der Waals surface area (Å²) in [4.78, 5) is 0. The first-order chi connectivity index (χ1) is 10.7. The largest absolute Gasteiger partial charge is 0.494 e. The lowest BCUT2D eigenvalue weighted by atomic mass is 10.0. The molecule has 3 nitrogen and oxygen atoms in total. The molecule has 0 heterocycles. The van der Waals surface area contributed by atoms with Crippen LogP contribution in [0, 0.1) is 0 Å². The molecule has 0 saturated heterocycles. The molecule has 118 valence electrons. The molecule has 0 bridgehead atoms. The Morgan fingerprint density at radius 2 is 1.73 bits per heavy atom. The van der Waals surface area contributed by atoms with E-state index in [2.05, 4.69) is 31.3 Å². The van der Waals surface area contributed by atoms with Gasteiger partial charge in [-0.05, 0) is 42.7 Å². The third-order valence-corrected chi connectivity index (χ3v) is 3.39. The molecule has 22 heavy (non-hydrogen) atoms. The average Bonchev–Trinajstić information content (AvgIpc) is 2.53. The predicted octanol–water partition coefficient (Wildman–Crippen LogP) is 4.70. The van der Waals surface area contributed by atoms with Crippen LogP contribution in [0.25, 0.3) is 0 Å². The molecule has 2 aromatic carbocycles. The van der Waals surface area contributed by atoms with E-state index in [1.807, 2.05) is 43.3 Å². The van der Waals surface area contributed by atoms with E-state index in [1.165, 1.54) is 5.56 Å². The Morgan fingerprint density at radius 1 is 0.955 bits per heavy atom. The van der Waals surface area contributed by atoms with E-state index in [9.17, 15) is 0 Å². The van der Waals surface area contributed by atoms with E-state index in [-0.39, 0.29) is 0 Å². The predicted molar refractivity (Wildman–Crippen MR) is 92.1 cm³/mol. The molecule has 0 fully saturated rings. The van der Waals surface area contributed by atoms with Gasteiger partial charge in [-0.2, -0.15) is 0 Å². The van der Waals surface area contributed by atoms with E-state index < -0.39 is 0 Å². The number of anilines is 1. The van der Waals surface area contributed by atoms with Gasteiger partial charge in [-0.3, -0.25) is 0 Å². The summed E-state index contributed by atoms with van der Waals surface area (Å²) in [5.41, 5.74) is 2.38. The van der Waals surface area contributed by atoms with Crippen molar-refractivity contribution >= 4 is 5.69 Å². The molecule has 2 rings (SSSR count). The van der Waals surface area contributed by atoms with Crippen molar-refractivity contribution in [2.24, 2.45) is 0 Å². The highest BCUT2D eigenvalue weighted by Crippen LogP contribution is 2.19. The molecule has 0 radical (unpaired) electrons. The molecule has 1 N–H and O–H groups in total. The summed E-state index contributed by atoms with van der Waals surface area (Å²) in [7, 11) is 0. The Hall–Kier alpha value is -2.16. The monoisotopic (exact) mass is 299 g/mol. The Bertz CT molecular complexity index is 564. The van der Waals surface area contributed by atoms with Crippen LogP contribution in [0.1, 0.15) is 32.3 Å². The lowest BCUT2D eigenvalue weighted by Gasteiger charge is -2.11. The van der Waals surface area contributed by atoms with Crippen molar-refractivity contribution < 1.29 is 9.47 Å². The minimum atomic E-state index is 0.549. The normalized spacial score (nSPS) is 10.5. The van der Waals surface area contributed by atoms with Crippen LogP contribution in [0.5, 0.6) is 11.5 Å². The smallest absolute Gasteiger partial charge is 0.121 e. The summed E-state index contributed by atoms with van der Waals surface area (Å²) in [6, 6.07) is 16.3. The molecule has 3 heteroatoms. The summed E-state index contributed by atoms with van der Waals surface area (Å²) in [6.07, 6.45) is 0. The zero-order valence-electron chi connectivity index (χ0n) is 13.6. The maximum Gasteiger partial charge on any atom is 0.121 e. The summed E-state index contributed by atoms with van der Waals surface area (Å²) in [5.74, 6) is 2.35. The van der Waals surface area contributed by atoms with Gasteiger partial charge in [0, 0.05) is 18.3 Å². The Labute approximate surface area is 133 Å². The van der Waals surface area contributed by atoms with Crippen LogP contribution < -0.4 is 14.8 Å². The maximum absolute atomic E-state index is 5.75. The highest BCUT2D eigenvalue weighted by Gasteiger charge is 2.00. The SMILES string of the molecule is CCOc1cccc(NCCOc2ccc(C(C)C)cc2)c1. The summed E-state index contributed by atoms with van der Waals surface area (Å²) in [6.45, 7) is 8.42. The van der Waals surface area contributed by atoms with Crippen molar-refractivity contribution in [3.63, 3.8) is 0 Å². The van der Waals surface area contributed by atoms with Gasteiger partial charge in [0.25, 0.3) is 0 Å². The maximum atomic E-state index is 5.75. The van der Waals surface area contributed by atoms with Crippen LogP contribution in [-0.4, -0.2) is 19.8 Å². The van der Waals surface area contributed by atoms with Crippen LogP contribution >= 0.6 is 0 Å². The van der Waals surface area contributed by atoms with Crippen LogP contribution in [0.15, 0.2) is 48.5 Å². The fraction of sp³-hybridized carbons (Fsp3) is 0.368. The number of hydrogen-bond acceptors (Lipinski definition) is 3. The Kier molecular flexibility index (Phi) is 6.13. The van der Waals surface area contributed by atoms with Gasteiger partial charge >= 0.3 is 0 Å². The molecule has 0 aliphatic rings. The second-order valence-corrected chi connectivity index (χ2v) is 5.46. The van der Waals surface area contributed by atoms with Gasteiger partial charge in [-0.25, -0.2) is 0 Å². The molecule has 0 saturated carbocycles. The van der Waals surface area contributed by atoms with Crippen molar-refractivity contribution in [3.8, 4) is 11.5 Å². The fourth-order valence-corrected chi connectivity index (χ4v) is 2.18. The minimum Gasteiger partial charge on any atom is -0.494 e. The van der Waals surface area contributed by atoms with Crippen LogP contribution in [0.3, 0.4) is 0 Å². The van der Waals surface area contributed by atoms with Crippen LogP contribution in [-0.2, 0) is 0 Å². The first kappa shape index (κ1) is 16.2. The highest BCUT2D eigenvalue weighted by molar-refractivity contribution is 5.48. The summed E-state index contributed by atoms with van der Waals surface area (Å²) >= 11 is 0. The second kappa shape index (κ2) is 8.32. The van der Waals surface area contributed by atoms with Gasteiger partial charge in [0.2, 0.25) is 0 Å². The molecule has 0 aromatic heterocycles. The van der Waals surface area contributed by atoms with E-state index >= 15 is 0 Å². The number of nitrogens with one attached hydrogen (secondary N) is 1. The minimum absolute atomic E-state index is 0.549. The lowest BCUT2D eigenvalue weighted by Crippen LogP contribution is -2.11. The van der Waals surface area contributed by atoms with E-state index in [0.717, 1.165) is 23.7 Å². The lowest BCUT2D eigenvalue weighted by molar-refractivity contribution is 0.332. The number of benzene rings is 2. The summed E-state index contributed by atoms with van der Waals surface area (Å²) < 4.78 is 11.2. The topological polar surface area (TPSA) is 30.5 Å². The quantitative estimate of drug-likeness (QED) is 0.717. The third-order valence-electron chi connectivity index (χ3n) is 3.39. The number of rotatable bonds is 8. The molecule has 0 spiro atoms. The molecule has 0 aliphatic carbocycles. The zero-order valence-corrected chi connectivity index (χ0v) is 13.6. The van der Waals surface area contributed by atoms with E-state index in [4.69, 9.17) is 9.47 Å². The zero-order chi connectivity index (χ0) is 15.8. The van der Waals surface area contributed by atoms with Gasteiger partial charge in [0.1, 0.15) is 18.1 Å². The third kappa shape index (κ3) is 4.99. The first-order valence-electron chi connectivity index (χ1n) is 7.88. The standard InChI is InChI=1S/C19H25NO2/c1-4-21-19-7-5-6-17(14-19)20-12-13-22-18-10-8-16(9-11-18)15(2)3/h5-11,14-15,20H,4,12-13H2,1-3H3. The molecule has 0 amide bonds. The van der Waals surface area contributed by atoms with E-state index in [1.54, 1.807) is 0 Å². The molecule has 0 atom stereocenters. The van der Waals surface area contributed by atoms with Crippen molar-refractivity contribution in [1.82, 2.24) is 0 Å². The van der Waals surface area contributed by atoms with Crippen molar-refractivity contribution in [3.05, 3.63) is 54.1 Å². The fourth-order valence-electron chi connectivity index (χ4n) is 2.18. The first-order valence-corrected chi connectivity index (χ1v) is 7.88. The number of hydrogen-bond donors (Lipinski definition) is 1. The van der Waals surface area contributed by atoms with Gasteiger partial charge in [0.15, 0.2) is 0 Å². The van der Waals surface area contributed by atoms with Crippen LogP contribution in [0.4, 0.5) is 5.69 Å². The van der Waals surface area contributed by atoms with Crippen molar-refractivity contribution in [2.45, 2.75) is 26.7 Å². The van der Waals surface area contributed by atoms with Gasteiger partial charge in [-0.1, -0.05) is 32.0 Å². The molecule has 2 aromatic rings. The highest BCUT2D eigenvalue weighted by atomic mass is 16.5. The molecular formula is C19H25NO2. The number of ether oxygens (including phenoxy) is 2. The van der Waals surface area contributed by atoms with Crippen molar-refractivity contribution in [1.29, 1.82) is 0 Å². The Balaban J connectivity index is 1.76. The molecule has 0 unspecified atom stereocenters. The van der Waals surface area contributed by atoms with Gasteiger partial charge in [-0.15, -0.1) is 0 Å². The van der Waals surface area contributed by atoms with Gasteiger partial charge in [0.05, 0.1) is 6.61 Å². The molecule has 0 aliphatic heterocycles. The average molecular weight is 299 g/mol. The summed E-state index contributed by atoms with van der Waals surface area (Å²) in [5, 5.41) is 3.34. The molecular weight excluding hydrogens is 274 g/mol. The van der Waals surface area contributed by atoms with Gasteiger partial charge < -0.3 is 14.8 Å². The van der Waals surface area contributed by atoms with Crippen LogP contribution in [0.2, 0.25) is 0 Å².